The van der Waals surface area contributed by atoms with Crippen LogP contribution in [0.1, 0.15) is 88.6 Å². The van der Waals surface area contributed by atoms with Gasteiger partial charge in [-0.3, -0.25) is 4.79 Å². The number of benzene rings is 1. The Hall–Kier alpha value is -1.72. The van der Waals surface area contributed by atoms with Gasteiger partial charge < -0.3 is 10.4 Å². The summed E-state index contributed by atoms with van der Waals surface area (Å²) < 4.78 is 0. The first-order chi connectivity index (χ1) is 14.1. The monoisotopic (exact) mass is 426 g/mol. The minimum Gasteiger partial charge on any atom is -0.481 e. The van der Waals surface area contributed by atoms with Crippen molar-refractivity contribution in [2.24, 2.45) is 5.92 Å². The molecule has 4 nitrogen and oxygen atoms in total. The van der Waals surface area contributed by atoms with Gasteiger partial charge in [0.25, 0.3) is 0 Å². The van der Waals surface area contributed by atoms with Gasteiger partial charge in [0.2, 0.25) is 0 Å². The number of carboxylic acids is 1. The molecule has 5 heteroatoms. The third-order valence-corrected chi connectivity index (χ3v) is 8.01. The highest BCUT2D eigenvalue weighted by Crippen LogP contribution is 2.41. The van der Waals surface area contributed by atoms with Crippen LogP contribution < -0.4 is 5.32 Å². The molecule has 1 aromatic carbocycles. The lowest BCUT2D eigenvalue weighted by molar-refractivity contribution is -0.142. The zero-order chi connectivity index (χ0) is 21.5. The number of nitrogens with zero attached hydrogens (tertiary/aromatic N) is 1. The molecule has 4 rings (SSSR count). The van der Waals surface area contributed by atoms with E-state index in [4.69, 9.17) is 4.98 Å². The Balaban J connectivity index is 1.45. The highest BCUT2D eigenvalue weighted by atomic mass is 32.1. The standard InChI is InChI=1S/C25H34N2O2S/c1-24(2)13-20(14-25(3,4)27-24)16-5-7-17(8-6-16)21-15-26-22(30-21)18-9-11-19(12-10-18)23(28)29/h5-8,15,18-20,27H,9-14H2,1-4H3,(H,28,29). The van der Waals surface area contributed by atoms with E-state index in [0.717, 1.165) is 38.5 Å². The smallest absolute Gasteiger partial charge is 0.306 e. The predicted molar refractivity (Wildman–Crippen MR) is 123 cm³/mol. The lowest BCUT2D eigenvalue weighted by Crippen LogP contribution is -2.57. The summed E-state index contributed by atoms with van der Waals surface area (Å²) in [5.41, 5.74) is 2.96. The van der Waals surface area contributed by atoms with Gasteiger partial charge in [-0.15, -0.1) is 11.3 Å². The maximum absolute atomic E-state index is 11.2. The van der Waals surface area contributed by atoms with E-state index in [-0.39, 0.29) is 17.0 Å². The number of hydrogen-bond acceptors (Lipinski definition) is 4. The summed E-state index contributed by atoms with van der Waals surface area (Å²) >= 11 is 1.77. The molecule has 30 heavy (non-hydrogen) atoms. The molecule has 2 heterocycles. The molecule has 0 unspecified atom stereocenters. The average molecular weight is 427 g/mol. The van der Waals surface area contributed by atoms with E-state index in [1.165, 1.54) is 21.0 Å². The van der Waals surface area contributed by atoms with Gasteiger partial charge in [0.15, 0.2) is 0 Å². The third-order valence-electron chi connectivity index (χ3n) is 6.81. The average Bonchev–Trinajstić information content (AvgIpc) is 3.16. The predicted octanol–water partition coefficient (Wildman–Crippen LogP) is 6.19. The van der Waals surface area contributed by atoms with Crippen LogP contribution in [0.3, 0.4) is 0 Å². The Kier molecular flexibility index (Phi) is 5.80. The molecule has 2 fully saturated rings. The van der Waals surface area contributed by atoms with Gasteiger partial charge in [0.05, 0.1) is 15.8 Å². The van der Waals surface area contributed by atoms with E-state index >= 15 is 0 Å². The van der Waals surface area contributed by atoms with E-state index in [1.807, 2.05) is 6.20 Å². The first kappa shape index (κ1) is 21.5. The quantitative estimate of drug-likeness (QED) is 0.612. The van der Waals surface area contributed by atoms with Crippen molar-refractivity contribution in [3.63, 3.8) is 0 Å². The van der Waals surface area contributed by atoms with Crippen molar-refractivity contribution in [2.75, 3.05) is 0 Å². The van der Waals surface area contributed by atoms with Crippen LogP contribution in [-0.4, -0.2) is 27.1 Å². The van der Waals surface area contributed by atoms with Gasteiger partial charge in [0.1, 0.15) is 0 Å². The Labute approximate surface area is 184 Å². The van der Waals surface area contributed by atoms with Crippen molar-refractivity contribution in [2.45, 2.75) is 89.1 Å². The van der Waals surface area contributed by atoms with Gasteiger partial charge >= 0.3 is 5.97 Å². The van der Waals surface area contributed by atoms with E-state index < -0.39 is 5.97 Å². The summed E-state index contributed by atoms with van der Waals surface area (Å²) in [7, 11) is 0. The SMILES string of the molecule is CC1(C)CC(c2ccc(-c3cnc(C4CCC(C(=O)O)CC4)s3)cc2)CC(C)(C)N1. The van der Waals surface area contributed by atoms with Crippen LogP contribution in [0.15, 0.2) is 30.5 Å². The maximum atomic E-state index is 11.2. The van der Waals surface area contributed by atoms with Crippen molar-refractivity contribution in [3.05, 3.63) is 41.0 Å². The van der Waals surface area contributed by atoms with Crippen LogP contribution >= 0.6 is 11.3 Å². The molecule has 0 spiro atoms. The van der Waals surface area contributed by atoms with Crippen LogP contribution in [-0.2, 0) is 4.79 Å². The molecule has 162 valence electrons. The number of carboxylic acid groups (broad SMARTS) is 1. The van der Waals surface area contributed by atoms with Gasteiger partial charge in [-0.2, -0.15) is 0 Å². The molecule has 2 aliphatic rings. The van der Waals surface area contributed by atoms with Gasteiger partial charge in [-0.05, 0) is 83.3 Å². The third kappa shape index (κ3) is 4.78. The van der Waals surface area contributed by atoms with Crippen LogP contribution in [0, 0.1) is 5.92 Å². The Morgan fingerprint density at radius 2 is 1.60 bits per heavy atom. The number of thiazole rings is 1. The first-order valence-corrected chi connectivity index (χ1v) is 12.0. The van der Waals surface area contributed by atoms with Gasteiger partial charge in [-0.25, -0.2) is 4.98 Å². The van der Waals surface area contributed by atoms with Crippen molar-refractivity contribution < 1.29 is 9.90 Å². The summed E-state index contributed by atoms with van der Waals surface area (Å²) in [6.07, 6.45) is 7.71. The summed E-state index contributed by atoms with van der Waals surface area (Å²) in [6, 6.07) is 9.09. The van der Waals surface area contributed by atoms with Crippen molar-refractivity contribution >= 4 is 17.3 Å². The normalized spacial score (nSPS) is 26.4. The second kappa shape index (κ2) is 8.08. The number of hydrogen-bond donors (Lipinski definition) is 2. The first-order valence-electron chi connectivity index (χ1n) is 11.2. The highest BCUT2D eigenvalue weighted by Gasteiger charge is 2.38. The number of aliphatic carboxylic acids is 1. The largest absolute Gasteiger partial charge is 0.481 e. The highest BCUT2D eigenvalue weighted by molar-refractivity contribution is 7.15. The molecule has 0 bridgehead atoms. The fraction of sp³-hybridized carbons (Fsp3) is 0.600. The number of carbonyl (C=O) groups is 1. The molecule has 1 saturated heterocycles. The topological polar surface area (TPSA) is 62.2 Å². The number of nitrogens with one attached hydrogen (secondary N) is 1. The van der Waals surface area contributed by atoms with Crippen molar-refractivity contribution in [1.82, 2.24) is 10.3 Å². The lowest BCUT2D eigenvalue weighted by Gasteiger charge is -2.46. The number of piperidine rings is 1. The molecule has 0 amide bonds. The Morgan fingerprint density at radius 3 is 2.17 bits per heavy atom. The van der Waals surface area contributed by atoms with E-state index in [1.54, 1.807) is 11.3 Å². The zero-order valence-electron chi connectivity index (χ0n) is 18.6. The molecule has 1 aliphatic carbocycles. The molecular formula is C25H34N2O2S. The Bertz CT molecular complexity index is 876. The maximum Gasteiger partial charge on any atom is 0.306 e. The second-order valence-electron chi connectivity index (χ2n) is 10.6. The van der Waals surface area contributed by atoms with E-state index in [0.29, 0.717) is 11.8 Å². The van der Waals surface area contributed by atoms with Gasteiger partial charge in [-0.1, -0.05) is 24.3 Å². The Morgan fingerprint density at radius 1 is 1.00 bits per heavy atom. The summed E-state index contributed by atoms with van der Waals surface area (Å²) in [6.45, 7) is 9.21. The summed E-state index contributed by atoms with van der Waals surface area (Å²) in [5, 5.41) is 14.1. The molecule has 1 saturated carbocycles. The minimum atomic E-state index is -0.645. The van der Waals surface area contributed by atoms with E-state index in [2.05, 4.69) is 57.3 Å². The molecule has 0 radical (unpaired) electrons. The summed E-state index contributed by atoms with van der Waals surface area (Å²) in [5.74, 6) is 0.177. The lowest BCUT2D eigenvalue weighted by atomic mass is 9.73. The molecule has 2 N–H and O–H groups in total. The van der Waals surface area contributed by atoms with Gasteiger partial charge in [0, 0.05) is 23.2 Å². The fourth-order valence-electron chi connectivity index (χ4n) is 5.67. The molecule has 1 aromatic heterocycles. The summed E-state index contributed by atoms with van der Waals surface area (Å²) in [4.78, 5) is 17.1. The van der Waals surface area contributed by atoms with Crippen molar-refractivity contribution in [3.8, 4) is 10.4 Å². The molecule has 0 atom stereocenters. The molecular weight excluding hydrogens is 392 g/mol. The van der Waals surface area contributed by atoms with Crippen LogP contribution in [0.5, 0.6) is 0 Å². The number of aromatic nitrogens is 1. The van der Waals surface area contributed by atoms with Crippen LogP contribution in [0.2, 0.25) is 0 Å². The van der Waals surface area contributed by atoms with Crippen molar-refractivity contribution in [1.29, 1.82) is 0 Å². The van der Waals surface area contributed by atoms with E-state index in [9.17, 15) is 9.90 Å². The van der Waals surface area contributed by atoms with Crippen LogP contribution in [0.25, 0.3) is 10.4 Å². The molecule has 1 aliphatic heterocycles. The zero-order valence-corrected chi connectivity index (χ0v) is 19.4. The molecule has 2 aromatic rings. The minimum absolute atomic E-state index is 0.150. The number of rotatable bonds is 4. The van der Waals surface area contributed by atoms with Crippen LogP contribution in [0.4, 0.5) is 0 Å². The second-order valence-corrected chi connectivity index (χ2v) is 11.6. The fourth-order valence-corrected chi connectivity index (χ4v) is 6.77.